The molecule has 9 heteroatoms. The van der Waals surface area contributed by atoms with Gasteiger partial charge in [0.1, 0.15) is 41.2 Å². The molecule has 158 valence electrons. The monoisotopic (exact) mass is 416 g/mol. The van der Waals surface area contributed by atoms with Crippen LogP contribution in [0.15, 0.2) is 18.2 Å². The number of carbonyl (C=O) groups excluding carboxylic acids is 2. The third kappa shape index (κ3) is 2.43. The molecule has 2 aliphatic rings. The van der Waals surface area contributed by atoms with Gasteiger partial charge >= 0.3 is 0 Å². The van der Waals surface area contributed by atoms with Crippen molar-refractivity contribution in [3.63, 3.8) is 0 Å². The Morgan fingerprint density at radius 3 is 2.20 bits per heavy atom. The molecule has 0 fully saturated rings. The Kier molecular flexibility index (Phi) is 4.41. The van der Waals surface area contributed by atoms with Gasteiger partial charge in [0.15, 0.2) is 5.78 Å². The van der Waals surface area contributed by atoms with Crippen LogP contribution in [0.2, 0.25) is 0 Å². The predicted octanol–water partition coefficient (Wildman–Crippen LogP) is 0.728. The summed E-state index contributed by atoms with van der Waals surface area (Å²) in [5.74, 6) is -2.58. The zero-order valence-corrected chi connectivity index (χ0v) is 16.3. The van der Waals surface area contributed by atoms with Gasteiger partial charge in [-0.1, -0.05) is 0 Å². The van der Waals surface area contributed by atoms with Gasteiger partial charge in [0.25, 0.3) is 0 Å². The lowest BCUT2D eigenvalue weighted by molar-refractivity contribution is -0.192. The van der Waals surface area contributed by atoms with Crippen molar-refractivity contribution < 1.29 is 44.6 Å². The Morgan fingerprint density at radius 2 is 1.60 bits per heavy atom. The summed E-state index contributed by atoms with van der Waals surface area (Å²) in [5.41, 5.74) is -3.33. The molecule has 9 nitrogen and oxygen atoms in total. The fourth-order valence-electron chi connectivity index (χ4n) is 4.37. The molecule has 5 N–H and O–H groups in total. The zero-order chi connectivity index (χ0) is 22.1. The summed E-state index contributed by atoms with van der Waals surface area (Å²) in [6.45, 7) is 1.25. The first kappa shape index (κ1) is 20.3. The molecule has 4 rings (SSSR count). The molecule has 0 amide bonds. The molecule has 4 atom stereocenters. The molecule has 0 saturated heterocycles. The minimum Gasteiger partial charge on any atom is -0.507 e. The van der Waals surface area contributed by atoms with E-state index in [1.165, 1.54) is 39.3 Å². The molecular weight excluding hydrogens is 396 g/mol. The second-order valence-corrected chi connectivity index (χ2v) is 7.61. The molecule has 0 saturated carbocycles. The topological polar surface area (TPSA) is 154 Å². The first-order chi connectivity index (χ1) is 14.1. The number of phenolic OH excluding ortho intramolecular Hbond substituents is 2. The average Bonchev–Trinajstić information content (AvgIpc) is 2.69. The summed E-state index contributed by atoms with van der Waals surface area (Å²) >= 11 is 0. The van der Waals surface area contributed by atoms with Crippen molar-refractivity contribution in [2.75, 3.05) is 14.2 Å². The first-order valence-electron chi connectivity index (χ1n) is 9.07. The molecule has 30 heavy (non-hydrogen) atoms. The van der Waals surface area contributed by atoms with Crippen LogP contribution in [0.3, 0.4) is 0 Å². The van der Waals surface area contributed by atoms with Crippen LogP contribution in [0.4, 0.5) is 0 Å². The smallest absolute Gasteiger partial charge is 0.201 e. The van der Waals surface area contributed by atoms with E-state index >= 15 is 0 Å². The molecule has 0 bridgehead atoms. The third-order valence-electron chi connectivity index (χ3n) is 5.90. The summed E-state index contributed by atoms with van der Waals surface area (Å²) < 4.78 is 10.2. The van der Waals surface area contributed by atoms with E-state index in [1.54, 1.807) is 0 Å². The Labute approximate surface area is 170 Å². The maximum absolute atomic E-state index is 13.1. The lowest BCUT2D eigenvalue weighted by Crippen LogP contribution is -2.52. The van der Waals surface area contributed by atoms with Gasteiger partial charge in [-0.3, -0.25) is 9.59 Å². The SMILES string of the molecule is COc1cc(O)c2c(c1)C(=O)c1cc3c(c(O)c1C2=O)C(O)C(OC)C(C)(O)C3O. The number of hydrogen-bond acceptors (Lipinski definition) is 9. The van der Waals surface area contributed by atoms with E-state index in [2.05, 4.69) is 0 Å². The molecule has 0 radical (unpaired) electrons. The lowest BCUT2D eigenvalue weighted by Gasteiger charge is -2.44. The van der Waals surface area contributed by atoms with Crippen molar-refractivity contribution in [2.45, 2.75) is 30.8 Å². The van der Waals surface area contributed by atoms with Gasteiger partial charge in [0.2, 0.25) is 5.78 Å². The van der Waals surface area contributed by atoms with E-state index in [4.69, 9.17) is 9.47 Å². The van der Waals surface area contributed by atoms with Crippen molar-refractivity contribution in [3.05, 3.63) is 51.6 Å². The van der Waals surface area contributed by atoms with Gasteiger partial charge < -0.3 is 35.0 Å². The third-order valence-corrected chi connectivity index (χ3v) is 5.90. The van der Waals surface area contributed by atoms with Crippen LogP contribution in [0.25, 0.3) is 0 Å². The molecule has 2 aliphatic carbocycles. The molecule has 4 unspecified atom stereocenters. The molecule has 0 aliphatic heterocycles. The molecule has 0 aromatic heterocycles. The van der Waals surface area contributed by atoms with Crippen LogP contribution in [0.1, 0.15) is 62.1 Å². The summed E-state index contributed by atoms with van der Waals surface area (Å²) in [7, 11) is 2.55. The van der Waals surface area contributed by atoms with Crippen LogP contribution in [0, 0.1) is 0 Å². The van der Waals surface area contributed by atoms with E-state index in [1.807, 2.05) is 0 Å². The number of ketones is 2. The molecular formula is C21H20O9. The molecule has 2 aromatic carbocycles. The van der Waals surface area contributed by atoms with E-state index in [9.17, 15) is 35.1 Å². The number of methoxy groups -OCH3 is 2. The molecule has 0 spiro atoms. The van der Waals surface area contributed by atoms with Crippen molar-refractivity contribution in [3.8, 4) is 17.2 Å². The fourth-order valence-corrected chi connectivity index (χ4v) is 4.37. The number of aromatic hydroxyl groups is 2. The Balaban J connectivity index is 2.02. The normalized spacial score (nSPS) is 27.3. The molecule has 0 heterocycles. The van der Waals surface area contributed by atoms with E-state index in [-0.39, 0.29) is 33.6 Å². The highest BCUT2D eigenvalue weighted by molar-refractivity contribution is 6.30. The maximum Gasteiger partial charge on any atom is 0.201 e. The number of benzene rings is 2. The lowest BCUT2D eigenvalue weighted by atomic mass is 9.71. The van der Waals surface area contributed by atoms with Gasteiger partial charge in [-0.05, 0) is 24.6 Å². The van der Waals surface area contributed by atoms with Crippen LogP contribution in [-0.4, -0.2) is 63.0 Å². The Hall–Kier alpha value is -2.98. The minimum atomic E-state index is -1.94. The first-order valence-corrected chi connectivity index (χ1v) is 9.07. The summed E-state index contributed by atoms with van der Waals surface area (Å²) in [5, 5.41) is 53.2. The second-order valence-electron chi connectivity index (χ2n) is 7.61. The number of aliphatic hydroxyl groups is 3. The number of fused-ring (bicyclic) bond motifs is 3. The zero-order valence-electron chi connectivity index (χ0n) is 16.3. The number of ether oxygens (including phenoxy) is 2. The summed E-state index contributed by atoms with van der Waals surface area (Å²) in [6.07, 6.45) is -4.54. The number of rotatable bonds is 2. The Morgan fingerprint density at radius 1 is 0.967 bits per heavy atom. The number of carbonyl (C=O) groups is 2. The molecule has 2 aromatic rings. The highest BCUT2D eigenvalue weighted by Gasteiger charge is 2.52. The van der Waals surface area contributed by atoms with Gasteiger partial charge in [-0.15, -0.1) is 0 Å². The quantitative estimate of drug-likeness (QED) is 0.407. The van der Waals surface area contributed by atoms with Crippen LogP contribution >= 0.6 is 0 Å². The number of aliphatic hydroxyl groups excluding tert-OH is 2. The van der Waals surface area contributed by atoms with Crippen molar-refractivity contribution >= 4 is 11.6 Å². The highest BCUT2D eigenvalue weighted by Crippen LogP contribution is 2.50. The van der Waals surface area contributed by atoms with Crippen LogP contribution in [-0.2, 0) is 4.74 Å². The van der Waals surface area contributed by atoms with Crippen LogP contribution < -0.4 is 4.74 Å². The second kappa shape index (κ2) is 6.51. The van der Waals surface area contributed by atoms with E-state index in [0.29, 0.717) is 0 Å². The van der Waals surface area contributed by atoms with Crippen LogP contribution in [0.5, 0.6) is 17.2 Å². The Bertz CT molecular complexity index is 1100. The van der Waals surface area contributed by atoms with Crippen molar-refractivity contribution in [1.29, 1.82) is 0 Å². The van der Waals surface area contributed by atoms with E-state index < -0.39 is 52.5 Å². The predicted molar refractivity (Wildman–Crippen MR) is 101 cm³/mol. The summed E-state index contributed by atoms with van der Waals surface area (Å²) in [6, 6.07) is 3.62. The van der Waals surface area contributed by atoms with E-state index in [0.717, 1.165) is 0 Å². The summed E-state index contributed by atoms with van der Waals surface area (Å²) in [4.78, 5) is 26.2. The van der Waals surface area contributed by atoms with Gasteiger partial charge in [-0.25, -0.2) is 0 Å². The van der Waals surface area contributed by atoms with Gasteiger partial charge in [-0.2, -0.15) is 0 Å². The minimum absolute atomic E-state index is 0.103. The van der Waals surface area contributed by atoms with Crippen molar-refractivity contribution in [1.82, 2.24) is 0 Å². The maximum atomic E-state index is 13.1. The number of phenols is 2. The highest BCUT2D eigenvalue weighted by atomic mass is 16.5. The largest absolute Gasteiger partial charge is 0.507 e. The van der Waals surface area contributed by atoms with Gasteiger partial charge in [0.05, 0.1) is 18.2 Å². The fraction of sp³-hybridized carbons (Fsp3) is 0.333. The van der Waals surface area contributed by atoms with Gasteiger partial charge in [0, 0.05) is 29.9 Å². The van der Waals surface area contributed by atoms with Crippen molar-refractivity contribution in [2.24, 2.45) is 0 Å². The number of hydrogen-bond donors (Lipinski definition) is 5. The standard InChI is InChI=1S/C21H20O9/c1-21(28)19(27)10-6-9-13(17(25)14(10)18(26)20(21)30-3)16(24)12-8(15(9)23)4-7(29-2)5-11(12)22/h4-6,18-20,22,25-28H,1-3H3. The average molecular weight is 416 g/mol.